The first-order chi connectivity index (χ1) is 14.0. The molecule has 150 valence electrons. The summed E-state index contributed by atoms with van der Waals surface area (Å²) >= 11 is 1.59. The summed E-state index contributed by atoms with van der Waals surface area (Å²) in [5.74, 6) is 0. The first kappa shape index (κ1) is 19.6. The molecule has 29 heavy (non-hydrogen) atoms. The second-order valence-corrected chi connectivity index (χ2v) is 9.45. The summed E-state index contributed by atoms with van der Waals surface area (Å²) in [5, 5.41) is 12.8. The Kier molecular flexibility index (Phi) is 5.35. The molecule has 2 aromatic carbocycles. The van der Waals surface area contributed by atoms with Crippen molar-refractivity contribution in [3.63, 3.8) is 0 Å². The van der Waals surface area contributed by atoms with E-state index in [0.717, 1.165) is 23.5 Å². The lowest BCUT2D eigenvalue weighted by Crippen LogP contribution is -2.37. The zero-order valence-corrected chi connectivity index (χ0v) is 17.0. The highest BCUT2D eigenvalue weighted by atomic mass is 32.2. The number of nitrogens with zero attached hydrogens (tertiary/aromatic N) is 2. The van der Waals surface area contributed by atoms with E-state index in [1.807, 2.05) is 29.6 Å². The molecular formula is C20H19N3O4S2. The van der Waals surface area contributed by atoms with Gasteiger partial charge in [0.05, 0.1) is 15.9 Å². The number of nitrogens with one attached hydrogen (secondary N) is 1. The molecule has 3 aromatic rings. The summed E-state index contributed by atoms with van der Waals surface area (Å²) < 4.78 is 28.2. The summed E-state index contributed by atoms with van der Waals surface area (Å²) in [6.45, 7) is 1.02. The fourth-order valence-corrected chi connectivity index (χ4v) is 5.43. The van der Waals surface area contributed by atoms with E-state index < -0.39 is 14.9 Å². The second kappa shape index (κ2) is 7.94. The van der Waals surface area contributed by atoms with E-state index in [9.17, 15) is 18.5 Å². The van der Waals surface area contributed by atoms with Crippen LogP contribution in [0, 0.1) is 10.1 Å². The zero-order valence-electron chi connectivity index (χ0n) is 15.4. The predicted molar refractivity (Wildman–Crippen MR) is 113 cm³/mol. The molecule has 1 aliphatic heterocycles. The van der Waals surface area contributed by atoms with Crippen molar-refractivity contribution in [3.8, 4) is 0 Å². The van der Waals surface area contributed by atoms with Crippen molar-refractivity contribution in [1.29, 1.82) is 0 Å². The lowest BCUT2D eigenvalue weighted by Gasteiger charge is -2.30. The fourth-order valence-electron chi connectivity index (χ4n) is 3.55. The lowest BCUT2D eigenvalue weighted by molar-refractivity contribution is -0.384. The third-order valence-corrected chi connectivity index (χ3v) is 7.41. The molecule has 1 aliphatic rings. The third kappa shape index (κ3) is 4.02. The lowest BCUT2D eigenvalue weighted by atomic mass is 10.1. The Hall–Kier alpha value is -2.75. The molecule has 0 spiro atoms. The van der Waals surface area contributed by atoms with Crippen LogP contribution in [-0.4, -0.2) is 26.4 Å². The van der Waals surface area contributed by atoms with Crippen molar-refractivity contribution < 1.29 is 13.3 Å². The van der Waals surface area contributed by atoms with Crippen molar-refractivity contribution in [2.24, 2.45) is 0 Å². The minimum absolute atomic E-state index is 0.00912. The third-order valence-electron chi connectivity index (χ3n) is 5.00. The molecule has 7 nitrogen and oxygen atoms in total. The van der Waals surface area contributed by atoms with Gasteiger partial charge in [-0.05, 0) is 41.6 Å². The number of rotatable bonds is 7. The van der Waals surface area contributed by atoms with Gasteiger partial charge in [-0.1, -0.05) is 24.3 Å². The van der Waals surface area contributed by atoms with Gasteiger partial charge in [0.2, 0.25) is 10.0 Å². The average molecular weight is 430 g/mol. The summed E-state index contributed by atoms with van der Waals surface area (Å²) in [6, 6.07) is 16.9. The largest absolute Gasteiger partial charge is 0.362 e. The maximum absolute atomic E-state index is 12.8. The normalized spacial score (nSPS) is 14.6. The fraction of sp³-hybridized carbons (Fsp3) is 0.200. The molecule has 0 saturated carbocycles. The van der Waals surface area contributed by atoms with Gasteiger partial charge in [-0.25, -0.2) is 13.1 Å². The number of nitro benzene ring substituents is 1. The quantitative estimate of drug-likeness (QED) is 0.456. The summed E-state index contributed by atoms with van der Waals surface area (Å²) in [4.78, 5) is 13.6. The van der Waals surface area contributed by atoms with Gasteiger partial charge in [0.25, 0.3) is 5.69 Å². The van der Waals surface area contributed by atoms with E-state index in [4.69, 9.17) is 0 Å². The summed E-state index contributed by atoms with van der Waals surface area (Å²) in [7, 11) is -3.79. The van der Waals surface area contributed by atoms with Crippen LogP contribution in [0.2, 0.25) is 0 Å². The Labute approximate surface area is 172 Å². The van der Waals surface area contributed by atoms with Gasteiger partial charge in [-0.2, -0.15) is 0 Å². The number of hydrogen-bond acceptors (Lipinski definition) is 6. The highest BCUT2D eigenvalue weighted by Gasteiger charge is 2.29. The first-order valence-electron chi connectivity index (χ1n) is 9.08. The van der Waals surface area contributed by atoms with Crippen molar-refractivity contribution >= 4 is 32.7 Å². The highest BCUT2D eigenvalue weighted by molar-refractivity contribution is 7.89. The van der Waals surface area contributed by atoms with Gasteiger partial charge in [0.15, 0.2) is 0 Å². The molecule has 9 heteroatoms. The van der Waals surface area contributed by atoms with Crippen molar-refractivity contribution in [3.05, 3.63) is 86.6 Å². The standard InChI is InChI=1S/C20H19N3O4S2/c24-23(25)16-7-9-17(10-8-16)29(26,27)21-14-19(20-6-3-13-28-20)22-12-11-15-4-1-2-5-18(15)22/h1-10,13,19,21H,11-12,14H2/t19-/m1/s1. The van der Waals surface area contributed by atoms with Gasteiger partial charge in [0.1, 0.15) is 0 Å². The maximum atomic E-state index is 12.8. The van der Waals surface area contributed by atoms with Crippen LogP contribution in [0.1, 0.15) is 16.5 Å². The van der Waals surface area contributed by atoms with Gasteiger partial charge in [-0.3, -0.25) is 10.1 Å². The number of nitro groups is 1. The van der Waals surface area contributed by atoms with Crippen LogP contribution in [0.15, 0.2) is 70.9 Å². The number of sulfonamides is 1. The predicted octanol–water partition coefficient (Wildman–Crippen LogP) is 3.74. The molecular weight excluding hydrogens is 410 g/mol. The number of para-hydroxylation sites is 1. The molecule has 0 aliphatic carbocycles. The summed E-state index contributed by atoms with van der Waals surface area (Å²) in [6.07, 6.45) is 0.924. The van der Waals surface area contributed by atoms with Crippen LogP contribution in [0.25, 0.3) is 0 Å². The Balaban J connectivity index is 1.57. The first-order valence-corrected chi connectivity index (χ1v) is 11.4. The summed E-state index contributed by atoms with van der Waals surface area (Å²) in [5.41, 5.74) is 2.24. The van der Waals surface area contributed by atoms with Crippen LogP contribution >= 0.6 is 11.3 Å². The smallest absolute Gasteiger partial charge is 0.269 e. The Bertz CT molecular complexity index is 1110. The highest BCUT2D eigenvalue weighted by Crippen LogP contribution is 2.36. The Morgan fingerprint density at radius 3 is 2.55 bits per heavy atom. The number of anilines is 1. The van der Waals surface area contributed by atoms with E-state index in [0.29, 0.717) is 0 Å². The van der Waals surface area contributed by atoms with Crippen LogP contribution < -0.4 is 9.62 Å². The maximum Gasteiger partial charge on any atom is 0.269 e. The van der Waals surface area contributed by atoms with Crippen molar-refractivity contribution in [2.75, 3.05) is 18.0 Å². The second-order valence-electron chi connectivity index (χ2n) is 6.71. The minimum atomic E-state index is -3.79. The van der Waals surface area contributed by atoms with Crippen molar-refractivity contribution in [2.45, 2.75) is 17.4 Å². The van der Waals surface area contributed by atoms with Gasteiger partial charge in [0, 0.05) is 35.8 Å². The number of benzene rings is 2. The van der Waals surface area contributed by atoms with Crippen LogP contribution in [0.5, 0.6) is 0 Å². The van der Waals surface area contributed by atoms with Crippen molar-refractivity contribution in [1.82, 2.24) is 4.72 Å². The SMILES string of the molecule is O=[N+]([O-])c1ccc(S(=O)(=O)NC[C@H](c2cccs2)N2CCc3ccccc32)cc1. The van der Waals surface area contributed by atoms with Crippen LogP contribution in [0.3, 0.4) is 0 Å². The van der Waals surface area contributed by atoms with Gasteiger partial charge >= 0.3 is 0 Å². The molecule has 1 aromatic heterocycles. The number of thiophene rings is 1. The molecule has 0 bridgehead atoms. The van der Waals surface area contributed by atoms with Crippen LogP contribution in [-0.2, 0) is 16.4 Å². The minimum Gasteiger partial charge on any atom is -0.362 e. The van der Waals surface area contributed by atoms with Crippen LogP contribution in [0.4, 0.5) is 11.4 Å². The molecule has 0 saturated heterocycles. The van der Waals surface area contributed by atoms with Gasteiger partial charge < -0.3 is 4.90 Å². The molecule has 0 unspecified atom stereocenters. The topological polar surface area (TPSA) is 92.5 Å². The van der Waals surface area contributed by atoms with E-state index >= 15 is 0 Å². The Morgan fingerprint density at radius 2 is 1.86 bits per heavy atom. The number of non-ortho nitro benzene ring substituents is 1. The molecule has 4 rings (SSSR count). The number of hydrogen-bond donors (Lipinski definition) is 1. The number of fused-ring (bicyclic) bond motifs is 1. The van der Waals surface area contributed by atoms with E-state index in [1.165, 1.54) is 29.8 Å². The average Bonchev–Trinajstić information content (AvgIpc) is 3.39. The molecule has 0 amide bonds. The Morgan fingerprint density at radius 1 is 1.10 bits per heavy atom. The molecule has 0 radical (unpaired) electrons. The van der Waals surface area contributed by atoms with E-state index in [1.54, 1.807) is 11.3 Å². The molecule has 2 heterocycles. The van der Waals surface area contributed by atoms with E-state index in [2.05, 4.69) is 21.8 Å². The van der Waals surface area contributed by atoms with Gasteiger partial charge in [-0.15, -0.1) is 11.3 Å². The molecule has 0 fully saturated rings. The monoisotopic (exact) mass is 429 g/mol. The molecule has 1 atom stereocenters. The zero-order chi connectivity index (χ0) is 20.4. The molecule has 1 N–H and O–H groups in total. The van der Waals surface area contributed by atoms with E-state index in [-0.39, 0.29) is 23.2 Å².